The Labute approximate surface area is 128 Å². The molecule has 0 heterocycles. The lowest BCUT2D eigenvalue weighted by Crippen LogP contribution is -2.25. The van der Waals surface area contributed by atoms with Gasteiger partial charge in [-0.05, 0) is 49.5 Å². The molecule has 0 unspecified atom stereocenters. The van der Waals surface area contributed by atoms with Crippen LogP contribution in [0.4, 0.5) is 0 Å². The molecule has 1 aliphatic carbocycles. The number of aryl methyl sites for hydroxylation is 2. The highest BCUT2D eigenvalue weighted by atomic mass is 32.2. The molecular formula is C17H26S2. The summed E-state index contributed by atoms with van der Waals surface area (Å²) in [4.78, 5) is 1.45. The van der Waals surface area contributed by atoms with Crippen LogP contribution in [0.3, 0.4) is 0 Å². The van der Waals surface area contributed by atoms with Gasteiger partial charge in [0.2, 0.25) is 0 Å². The molecule has 0 nitrogen and oxygen atoms in total. The first-order valence-corrected chi connectivity index (χ1v) is 9.08. The van der Waals surface area contributed by atoms with E-state index in [0.717, 1.165) is 5.75 Å². The van der Waals surface area contributed by atoms with E-state index in [9.17, 15) is 0 Å². The average Bonchev–Trinajstić information content (AvgIpc) is 2.64. The van der Waals surface area contributed by atoms with Gasteiger partial charge in [-0.1, -0.05) is 43.4 Å². The maximum atomic E-state index is 4.67. The topological polar surface area (TPSA) is 0 Å². The number of hydrogen-bond acceptors (Lipinski definition) is 2. The summed E-state index contributed by atoms with van der Waals surface area (Å²) in [6, 6.07) is 6.82. The largest absolute Gasteiger partial charge is 0.179 e. The van der Waals surface area contributed by atoms with E-state index in [1.807, 2.05) is 11.8 Å². The van der Waals surface area contributed by atoms with E-state index in [1.54, 1.807) is 0 Å². The fourth-order valence-electron chi connectivity index (χ4n) is 3.02. The van der Waals surface area contributed by atoms with Gasteiger partial charge in [-0.15, -0.1) is 11.8 Å². The number of rotatable bonds is 4. The molecule has 0 bridgehead atoms. The third-order valence-electron chi connectivity index (χ3n) is 4.36. The molecule has 0 radical (unpaired) electrons. The Hall–Kier alpha value is -0.0800. The SMILES string of the molecule is Cc1ccc(SCC2(CS)CCCCCC2)c(C)c1. The van der Waals surface area contributed by atoms with Crippen molar-refractivity contribution in [3.63, 3.8) is 0 Å². The summed E-state index contributed by atoms with van der Waals surface area (Å²) >= 11 is 6.72. The van der Waals surface area contributed by atoms with Gasteiger partial charge in [-0.2, -0.15) is 12.6 Å². The molecule has 0 aliphatic heterocycles. The smallest absolute Gasteiger partial charge is 0.0102 e. The Bertz CT molecular complexity index is 404. The summed E-state index contributed by atoms with van der Waals surface area (Å²) in [5.41, 5.74) is 3.26. The van der Waals surface area contributed by atoms with Gasteiger partial charge in [-0.3, -0.25) is 0 Å². The molecule has 2 heteroatoms. The standard InChI is InChI=1S/C17H26S2/c1-14-7-8-16(15(2)11-14)19-13-17(12-18)9-5-3-4-6-10-17/h7-8,11,18H,3-6,9-10,12-13H2,1-2H3. The zero-order valence-corrected chi connectivity index (χ0v) is 14.0. The Morgan fingerprint density at radius 2 is 1.79 bits per heavy atom. The highest BCUT2D eigenvalue weighted by Gasteiger charge is 2.29. The summed E-state index contributed by atoms with van der Waals surface area (Å²) in [6.07, 6.45) is 8.37. The van der Waals surface area contributed by atoms with E-state index >= 15 is 0 Å². The minimum absolute atomic E-state index is 0.474. The lowest BCUT2D eigenvalue weighted by atomic mass is 9.84. The van der Waals surface area contributed by atoms with Gasteiger partial charge in [0.25, 0.3) is 0 Å². The zero-order chi connectivity index (χ0) is 13.7. The molecule has 0 aromatic heterocycles. The number of thiol groups is 1. The van der Waals surface area contributed by atoms with E-state index in [4.69, 9.17) is 0 Å². The quantitative estimate of drug-likeness (QED) is 0.424. The minimum Gasteiger partial charge on any atom is -0.179 e. The van der Waals surface area contributed by atoms with Crippen LogP contribution in [0.5, 0.6) is 0 Å². The molecule has 1 aromatic rings. The van der Waals surface area contributed by atoms with Crippen LogP contribution in [0.15, 0.2) is 23.1 Å². The molecule has 1 aromatic carbocycles. The van der Waals surface area contributed by atoms with Gasteiger partial charge in [-0.25, -0.2) is 0 Å². The second-order valence-corrected chi connectivity index (χ2v) is 7.46. The molecule has 1 aliphatic rings. The maximum absolute atomic E-state index is 4.67. The summed E-state index contributed by atoms with van der Waals surface area (Å²) in [5.74, 6) is 2.28. The number of thioether (sulfide) groups is 1. The Morgan fingerprint density at radius 3 is 2.37 bits per heavy atom. The van der Waals surface area contributed by atoms with Crippen molar-refractivity contribution in [1.29, 1.82) is 0 Å². The van der Waals surface area contributed by atoms with Gasteiger partial charge < -0.3 is 0 Å². The van der Waals surface area contributed by atoms with Gasteiger partial charge in [0.05, 0.1) is 0 Å². The predicted molar refractivity (Wildman–Crippen MR) is 90.6 cm³/mol. The molecular weight excluding hydrogens is 268 g/mol. The Morgan fingerprint density at radius 1 is 1.11 bits per heavy atom. The lowest BCUT2D eigenvalue weighted by Gasteiger charge is -2.31. The normalized spacial score (nSPS) is 19.1. The van der Waals surface area contributed by atoms with Crippen molar-refractivity contribution < 1.29 is 0 Å². The van der Waals surface area contributed by atoms with E-state index in [1.165, 1.54) is 60.3 Å². The molecule has 0 amide bonds. The summed E-state index contributed by atoms with van der Waals surface area (Å²) in [7, 11) is 0. The van der Waals surface area contributed by atoms with Gasteiger partial charge in [0, 0.05) is 10.6 Å². The second-order valence-electron chi connectivity index (χ2n) is 6.13. The zero-order valence-electron chi connectivity index (χ0n) is 12.2. The first-order valence-electron chi connectivity index (χ1n) is 7.46. The number of hydrogen-bond donors (Lipinski definition) is 1. The minimum atomic E-state index is 0.474. The van der Waals surface area contributed by atoms with Gasteiger partial charge >= 0.3 is 0 Å². The molecule has 106 valence electrons. The fourth-order valence-corrected chi connectivity index (χ4v) is 4.90. The Balaban J connectivity index is 2.02. The van der Waals surface area contributed by atoms with E-state index in [-0.39, 0.29) is 0 Å². The third-order valence-corrected chi connectivity index (χ3v) is 6.56. The van der Waals surface area contributed by atoms with Gasteiger partial charge in [0.15, 0.2) is 0 Å². The molecule has 0 atom stereocenters. The molecule has 0 spiro atoms. The van der Waals surface area contributed by atoms with Crippen molar-refractivity contribution in [2.24, 2.45) is 5.41 Å². The number of benzene rings is 1. The predicted octanol–water partition coefficient (Wildman–Crippen LogP) is 5.67. The van der Waals surface area contributed by atoms with Crippen LogP contribution in [0.1, 0.15) is 49.7 Å². The highest BCUT2D eigenvalue weighted by Crippen LogP contribution is 2.41. The molecule has 1 fully saturated rings. The summed E-state index contributed by atoms with van der Waals surface area (Å²) in [5, 5.41) is 0. The van der Waals surface area contributed by atoms with Crippen molar-refractivity contribution in [2.45, 2.75) is 57.3 Å². The van der Waals surface area contributed by atoms with Crippen LogP contribution in [0.25, 0.3) is 0 Å². The van der Waals surface area contributed by atoms with E-state index in [0.29, 0.717) is 5.41 Å². The summed E-state index contributed by atoms with van der Waals surface area (Å²) in [6.45, 7) is 4.40. The first-order chi connectivity index (χ1) is 9.15. The Kier molecular flexibility index (Phi) is 5.70. The van der Waals surface area contributed by atoms with Crippen LogP contribution in [0, 0.1) is 19.3 Å². The maximum Gasteiger partial charge on any atom is 0.0102 e. The second kappa shape index (κ2) is 7.08. The van der Waals surface area contributed by atoms with Crippen LogP contribution in [-0.2, 0) is 0 Å². The van der Waals surface area contributed by atoms with Crippen LogP contribution in [0.2, 0.25) is 0 Å². The van der Waals surface area contributed by atoms with Crippen molar-refractivity contribution in [3.8, 4) is 0 Å². The van der Waals surface area contributed by atoms with Crippen LogP contribution < -0.4 is 0 Å². The highest BCUT2D eigenvalue weighted by molar-refractivity contribution is 7.99. The van der Waals surface area contributed by atoms with Crippen molar-refractivity contribution >= 4 is 24.4 Å². The third kappa shape index (κ3) is 4.19. The molecule has 0 saturated heterocycles. The lowest BCUT2D eigenvalue weighted by molar-refractivity contribution is 0.332. The monoisotopic (exact) mass is 294 g/mol. The van der Waals surface area contributed by atoms with E-state index < -0.39 is 0 Å². The molecule has 0 N–H and O–H groups in total. The van der Waals surface area contributed by atoms with E-state index in [2.05, 4.69) is 44.7 Å². The molecule has 1 saturated carbocycles. The van der Waals surface area contributed by atoms with Crippen LogP contribution >= 0.6 is 24.4 Å². The first kappa shape index (κ1) is 15.3. The van der Waals surface area contributed by atoms with Crippen molar-refractivity contribution in [1.82, 2.24) is 0 Å². The van der Waals surface area contributed by atoms with Gasteiger partial charge in [0.1, 0.15) is 0 Å². The summed E-state index contributed by atoms with van der Waals surface area (Å²) < 4.78 is 0. The average molecular weight is 295 g/mol. The van der Waals surface area contributed by atoms with Crippen molar-refractivity contribution in [3.05, 3.63) is 29.3 Å². The molecule has 2 rings (SSSR count). The fraction of sp³-hybridized carbons (Fsp3) is 0.647. The molecule has 19 heavy (non-hydrogen) atoms. The van der Waals surface area contributed by atoms with Crippen molar-refractivity contribution in [2.75, 3.05) is 11.5 Å². The van der Waals surface area contributed by atoms with Crippen LogP contribution in [-0.4, -0.2) is 11.5 Å².